The van der Waals surface area contributed by atoms with Crippen molar-refractivity contribution in [3.05, 3.63) is 42.2 Å². The maximum Gasteiger partial charge on any atom is 0.273 e. The Balaban J connectivity index is 0.00000132. The van der Waals surface area contributed by atoms with Crippen LogP contribution in [0.15, 0.2) is 36.5 Å². The van der Waals surface area contributed by atoms with Gasteiger partial charge in [-0.05, 0) is 43.7 Å². The van der Waals surface area contributed by atoms with Crippen LogP contribution in [0, 0.1) is 0 Å². The van der Waals surface area contributed by atoms with Gasteiger partial charge >= 0.3 is 0 Å². The lowest BCUT2D eigenvalue weighted by molar-refractivity contribution is 0.0601. The Morgan fingerprint density at radius 1 is 1.22 bits per heavy atom. The van der Waals surface area contributed by atoms with Crippen molar-refractivity contribution in [3.63, 3.8) is 0 Å². The zero-order valence-corrected chi connectivity index (χ0v) is 14.6. The van der Waals surface area contributed by atoms with Crippen molar-refractivity contribution in [3.8, 4) is 0 Å². The van der Waals surface area contributed by atoms with E-state index in [-0.39, 0.29) is 36.8 Å². The number of halogens is 2. The maximum absolute atomic E-state index is 12.9. The summed E-state index contributed by atoms with van der Waals surface area (Å²) in [6, 6.07) is 10.1. The minimum atomic E-state index is 0. The lowest BCUT2D eigenvalue weighted by Crippen LogP contribution is -2.45. The van der Waals surface area contributed by atoms with E-state index in [2.05, 4.69) is 4.98 Å². The monoisotopic (exact) mass is 355 g/mol. The second-order valence-electron chi connectivity index (χ2n) is 5.61. The zero-order valence-electron chi connectivity index (χ0n) is 13.0. The number of likely N-dealkylation sites (tertiary alicyclic amines) is 1. The van der Waals surface area contributed by atoms with Crippen molar-refractivity contribution in [2.24, 2.45) is 5.73 Å². The SMILES string of the molecule is Cl.Cl.NCCC1CCCCN1C(=O)c1nccc2ccccc12. The van der Waals surface area contributed by atoms with Crippen LogP contribution < -0.4 is 5.73 Å². The Kier molecular flexibility index (Phi) is 7.76. The number of carbonyl (C=O) groups excluding carboxylic acids is 1. The normalized spacial score (nSPS) is 17.3. The minimum absolute atomic E-state index is 0. The van der Waals surface area contributed by atoms with Crippen LogP contribution in [0.3, 0.4) is 0 Å². The molecule has 1 aliphatic heterocycles. The first-order valence-corrected chi connectivity index (χ1v) is 7.66. The van der Waals surface area contributed by atoms with Gasteiger partial charge in [-0.25, -0.2) is 0 Å². The van der Waals surface area contributed by atoms with E-state index in [0.717, 1.165) is 36.6 Å². The van der Waals surface area contributed by atoms with Crippen molar-refractivity contribution in [1.82, 2.24) is 9.88 Å². The molecule has 23 heavy (non-hydrogen) atoms. The van der Waals surface area contributed by atoms with E-state index in [9.17, 15) is 4.79 Å². The molecule has 1 aromatic carbocycles. The van der Waals surface area contributed by atoms with Gasteiger partial charge in [0.05, 0.1) is 0 Å². The fourth-order valence-corrected chi connectivity index (χ4v) is 3.19. The number of piperidine rings is 1. The number of carbonyl (C=O) groups is 1. The van der Waals surface area contributed by atoms with Gasteiger partial charge in [0.15, 0.2) is 0 Å². The summed E-state index contributed by atoms with van der Waals surface area (Å²) in [6.07, 6.45) is 5.89. The molecule has 1 aromatic heterocycles. The van der Waals surface area contributed by atoms with Crippen LogP contribution in [0.4, 0.5) is 0 Å². The Bertz CT molecular complexity index is 643. The summed E-state index contributed by atoms with van der Waals surface area (Å²) in [6.45, 7) is 1.44. The zero-order chi connectivity index (χ0) is 14.7. The fourth-order valence-electron chi connectivity index (χ4n) is 3.19. The molecule has 4 nitrogen and oxygen atoms in total. The molecule has 1 amide bonds. The van der Waals surface area contributed by atoms with E-state index < -0.39 is 0 Å². The van der Waals surface area contributed by atoms with E-state index in [1.165, 1.54) is 6.42 Å². The maximum atomic E-state index is 12.9. The van der Waals surface area contributed by atoms with Crippen LogP contribution in [0.2, 0.25) is 0 Å². The largest absolute Gasteiger partial charge is 0.334 e. The average Bonchev–Trinajstić information content (AvgIpc) is 2.54. The van der Waals surface area contributed by atoms with Crippen molar-refractivity contribution < 1.29 is 4.79 Å². The number of nitrogens with two attached hydrogens (primary N) is 1. The van der Waals surface area contributed by atoms with E-state index in [0.29, 0.717) is 12.2 Å². The van der Waals surface area contributed by atoms with Gasteiger partial charge in [-0.3, -0.25) is 9.78 Å². The Morgan fingerprint density at radius 2 is 2.00 bits per heavy atom. The Labute approximate surface area is 149 Å². The summed E-state index contributed by atoms with van der Waals surface area (Å²) in [5.74, 6) is 0.0463. The van der Waals surface area contributed by atoms with Gasteiger partial charge in [0.1, 0.15) is 5.69 Å². The van der Waals surface area contributed by atoms with Crippen LogP contribution in [-0.2, 0) is 0 Å². The molecular weight excluding hydrogens is 333 g/mol. The highest BCUT2D eigenvalue weighted by Crippen LogP contribution is 2.24. The number of rotatable bonds is 3. The molecule has 2 heterocycles. The van der Waals surface area contributed by atoms with Crippen molar-refractivity contribution in [2.75, 3.05) is 13.1 Å². The summed E-state index contributed by atoms with van der Waals surface area (Å²) >= 11 is 0. The van der Waals surface area contributed by atoms with Gasteiger partial charge in [0, 0.05) is 24.2 Å². The predicted octanol–water partition coefficient (Wildman–Crippen LogP) is 3.42. The molecule has 0 bridgehead atoms. The minimum Gasteiger partial charge on any atom is -0.334 e. The van der Waals surface area contributed by atoms with Crippen LogP contribution in [0.1, 0.15) is 36.2 Å². The van der Waals surface area contributed by atoms with E-state index in [1.807, 2.05) is 35.2 Å². The molecule has 2 N–H and O–H groups in total. The number of aromatic nitrogens is 1. The molecule has 1 unspecified atom stereocenters. The third kappa shape index (κ3) is 4.14. The standard InChI is InChI=1S/C17H21N3O.2ClH/c18-10-8-14-6-3-4-12-20(14)17(21)16-15-7-2-1-5-13(15)9-11-19-16;;/h1-2,5,7,9,11,14H,3-4,6,8,10,12,18H2;2*1H. The number of benzene rings is 1. The molecule has 1 fully saturated rings. The molecule has 1 saturated heterocycles. The summed E-state index contributed by atoms with van der Waals surface area (Å²) in [4.78, 5) is 19.3. The highest BCUT2D eigenvalue weighted by Gasteiger charge is 2.28. The van der Waals surface area contributed by atoms with Gasteiger partial charge in [0.2, 0.25) is 0 Å². The number of pyridine rings is 1. The van der Waals surface area contributed by atoms with E-state index in [4.69, 9.17) is 5.73 Å². The Hall–Kier alpha value is -1.36. The van der Waals surface area contributed by atoms with Gasteiger partial charge in [0.25, 0.3) is 5.91 Å². The lowest BCUT2D eigenvalue weighted by Gasteiger charge is -2.35. The first-order valence-electron chi connectivity index (χ1n) is 7.66. The number of fused-ring (bicyclic) bond motifs is 1. The summed E-state index contributed by atoms with van der Waals surface area (Å²) in [5.41, 5.74) is 6.26. The van der Waals surface area contributed by atoms with Crippen LogP contribution in [-0.4, -0.2) is 34.9 Å². The first kappa shape index (κ1) is 19.7. The molecular formula is C17H23Cl2N3O. The molecule has 3 rings (SSSR count). The van der Waals surface area contributed by atoms with Crippen LogP contribution in [0.25, 0.3) is 10.8 Å². The lowest BCUT2D eigenvalue weighted by atomic mass is 9.98. The smallest absolute Gasteiger partial charge is 0.273 e. The molecule has 0 radical (unpaired) electrons. The fraction of sp³-hybridized carbons (Fsp3) is 0.412. The van der Waals surface area contributed by atoms with Crippen LogP contribution in [0.5, 0.6) is 0 Å². The predicted molar refractivity (Wildman–Crippen MR) is 98.6 cm³/mol. The molecule has 1 atom stereocenters. The topological polar surface area (TPSA) is 59.2 Å². The van der Waals surface area contributed by atoms with E-state index in [1.54, 1.807) is 6.20 Å². The Morgan fingerprint density at radius 3 is 2.78 bits per heavy atom. The number of amides is 1. The molecule has 0 saturated carbocycles. The highest BCUT2D eigenvalue weighted by atomic mass is 35.5. The molecule has 126 valence electrons. The summed E-state index contributed by atoms with van der Waals surface area (Å²) in [7, 11) is 0. The molecule has 6 heteroatoms. The van der Waals surface area contributed by atoms with E-state index >= 15 is 0 Å². The quantitative estimate of drug-likeness (QED) is 0.917. The molecule has 2 aromatic rings. The van der Waals surface area contributed by atoms with Gasteiger partial charge in [-0.2, -0.15) is 0 Å². The summed E-state index contributed by atoms with van der Waals surface area (Å²) < 4.78 is 0. The van der Waals surface area contributed by atoms with Crippen molar-refractivity contribution in [2.45, 2.75) is 31.7 Å². The third-order valence-electron chi connectivity index (χ3n) is 4.26. The summed E-state index contributed by atoms with van der Waals surface area (Å²) in [5, 5.41) is 1.99. The van der Waals surface area contributed by atoms with Gasteiger partial charge in [-0.1, -0.05) is 24.3 Å². The number of hydrogen-bond acceptors (Lipinski definition) is 3. The van der Waals surface area contributed by atoms with Crippen molar-refractivity contribution in [1.29, 1.82) is 0 Å². The third-order valence-corrected chi connectivity index (χ3v) is 4.26. The van der Waals surface area contributed by atoms with Gasteiger partial charge in [-0.15, -0.1) is 24.8 Å². The highest BCUT2D eigenvalue weighted by molar-refractivity contribution is 6.05. The van der Waals surface area contributed by atoms with Crippen molar-refractivity contribution >= 4 is 41.5 Å². The van der Waals surface area contributed by atoms with Crippen LogP contribution >= 0.6 is 24.8 Å². The second-order valence-corrected chi connectivity index (χ2v) is 5.61. The van der Waals surface area contributed by atoms with Gasteiger partial charge < -0.3 is 10.6 Å². The number of nitrogens with zero attached hydrogens (tertiary/aromatic N) is 2. The molecule has 0 aliphatic carbocycles. The molecule has 0 spiro atoms. The average molecular weight is 356 g/mol. The number of hydrogen-bond donors (Lipinski definition) is 1. The first-order chi connectivity index (χ1) is 10.3. The molecule has 1 aliphatic rings. The second kappa shape index (κ2) is 9.06.